The van der Waals surface area contributed by atoms with Gasteiger partial charge in [-0.15, -0.1) is 0 Å². The highest BCUT2D eigenvalue weighted by atomic mass is 16.2. The maximum absolute atomic E-state index is 12.4. The highest BCUT2D eigenvalue weighted by Crippen LogP contribution is 2.30. The lowest BCUT2D eigenvalue weighted by Gasteiger charge is -2.28. The van der Waals surface area contributed by atoms with Crippen molar-refractivity contribution in [2.24, 2.45) is 11.8 Å². The molecule has 3 fully saturated rings. The van der Waals surface area contributed by atoms with E-state index in [0.29, 0.717) is 12.1 Å². The molecule has 0 aromatic heterocycles. The van der Waals surface area contributed by atoms with Crippen LogP contribution < -0.4 is 10.6 Å². The summed E-state index contributed by atoms with van der Waals surface area (Å²) in [5, 5.41) is 6.38. The van der Waals surface area contributed by atoms with E-state index in [9.17, 15) is 9.59 Å². The maximum Gasteiger partial charge on any atom is 0.223 e. The second-order valence-electron chi connectivity index (χ2n) is 7.53. The highest BCUT2D eigenvalue weighted by Gasteiger charge is 2.33. The predicted octanol–water partition coefficient (Wildman–Crippen LogP) is 2.91. The zero-order chi connectivity index (χ0) is 15.4. The third-order valence-corrected chi connectivity index (χ3v) is 5.59. The summed E-state index contributed by atoms with van der Waals surface area (Å²) in [6.07, 6.45) is 13.2. The van der Waals surface area contributed by atoms with Crippen molar-refractivity contribution in [3.8, 4) is 0 Å². The molecule has 0 atom stereocenters. The molecule has 22 heavy (non-hydrogen) atoms. The zero-order valence-corrected chi connectivity index (χ0v) is 13.6. The van der Waals surface area contributed by atoms with Crippen LogP contribution in [0.3, 0.4) is 0 Å². The average Bonchev–Trinajstić information content (AvgIpc) is 3.35. The van der Waals surface area contributed by atoms with E-state index in [1.807, 2.05) is 0 Å². The Kier molecular flexibility index (Phi) is 5.37. The SMILES string of the molecule is O=C(NC1CCCCCC1)C1CCC(C(=O)NC2CC2)CC1. The van der Waals surface area contributed by atoms with Gasteiger partial charge in [0.1, 0.15) is 0 Å². The molecule has 3 aliphatic carbocycles. The number of nitrogens with one attached hydrogen (secondary N) is 2. The van der Waals surface area contributed by atoms with E-state index in [2.05, 4.69) is 10.6 Å². The van der Waals surface area contributed by atoms with Crippen molar-refractivity contribution in [2.75, 3.05) is 0 Å². The average molecular weight is 306 g/mol. The predicted molar refractivity (Wildman–Crippen MR) is 86.2 cm³/mol. The standard InChI is InChI=1S/C18H30N2O2/c21-17(19-15-5-3-1-2-4-6-15)13-7-9-14(10-8-13)18(22)20-16-11-12-16/h13-16H,1-12H2,(H,19,21)(H,20,22). The topological polar surface area (TPSA) is 58.2 Å². The van der Waals surface area contributed by atoms with Gasteiger partial charge in [0.05, 0.1) is 0 Å². The van der Waals surface area contributed by atoms with Gasteiger partial charge in [0.25, 0.3) is 0 Å². The number of hydrogen-bond donors (Lipinski definition) is 2. The van der Waals surface area contributed by atoms with Crippen LogP contribution in [0, 0.1) is 11.8 Å². The maximum atomic E-state index is 12.4. The summed E-state index contributed by atoms with van der Waals surface area (Å²) in [5.74, 6) is 0.744. The van der Waals surface area contributed by atoms with Gasteiger partial charge >= 0.3 is 0 Å². The Morgan fingerprint density at radius 2 is 0.955 bits per heavy atom. The number of carbonyl (C=O) groups excluding carboxylic acids is 2. The van der Waals surface area contributed by atoms with Gasteiger partial charge in [-0.05, 0) is 51.4 Å². The Morgan fingerprint density at radius 1 is 0.545 bits per heavy atom. The smallest absolute Gasteiger partial charge is 0.223 e. The number of amides is 2. The molecule has 0 aliphatic heterocycles. The summed E-state index contributed by atoms with van der Waals surface area (Å²) in [5.41, 5.74) is 0. The molecular weight excluding hydrogens is 276 g/mol. The molecule has 3 rings (SSSR count). The summed E-state index contributed by atoms with van der Waals surface area (Å²) in [6, 6.07) is 0.842. The minimum Gasteiger partial charge on any atom is -0.353 e. The number of rotatable bonds is 4. The van der Waals surface area contributed by atoms with Crippen LogP contribution in [-0.2, 0) is 9.59 Å². The van der Waals surface area contributed by atoms with Crippen molar-refractivity contribution >= 4 is 11.8 Å². The number of hydrogen-bond acceptors (Lipinski definition) is 2. The molecule has 4 nitrogen and oxygen atoms in total. The second kappa shape index (κ2) is 7.47. The minimum atomic E-state index is 0.133. The van der Waals surface area contributed by atoms with E-state index in [-0.39, 0.29) is 23.7 Å². The van der Waals surface area contributed by atoms with Gasteiger partial charge in [-0.25, -0.2) is 0 Å². The fourth-order valence-corrected chi connectivity index (χ4v) is 3.91. The summed E-state index contributed by atoms with van der Waals surface area (Å²) in [4.78, 5) is 24.5. The van der Waals surface area contributed by atoms with Gasteiger partial charge in [-0.2, -0.15) is 0 Å². The lowest BCUT2D eigenvalue weighted by molar-refractivity contribution is -0.131. The first-order chi connectivity index (χ1) is 10.7. The van der Waals surface area contributed by atoms with E-state index >= 15 is 0 Å². The van der Waals surface area contributed by atoms with Crippen LogP contribution in [0.5, 0.6) is 0 Å². The fraction of sp³-hybridized carbons (Fsp3) is 0.889. The lowest BCUT2D eigenvalue weighted by Crippen LogP contribution is -2.41. The molecule has 0 saturated heterocycles. The van der Waals surface area contributed by atoms with Gasteiger partial charge in [0.2, 0.25) is 11.8 Å². The highest BCUT2D eigenvalue weighted by molar-refractivity contribution is 5.81. The molecule has 2 amide bonds. The van der Waals surface area contributed by atoms with E-state index in [0.717, 1.165) is 51.4 Å². The summed E-state index contributed by atoms with van der Waals surface area (Å²) in [6.45, 7) is 0. The van der Waals surface area contributed by atoms with Gasteiger partial charge in [-0.3, -0.25) is 9.59 Å². The molecule has 0 radical (unpaired) electrons. The second-order valence-corrected chi connectivity index (χ2v) is 7.53. The molecule has 0 bridgehead atoms. The van der Waals surface area contributed by atoms with Crippen LogP contribution in [0.1, 0.15) is 77.0 Å². The van der Waals surface area contributed by atoms with E-state index in [1.165, 1.54) is 25.7 Å². The molecule has 0 unspecified atom stereocenters. The van der Waals surface area contributed by atoms with Gasteiger partial charge in [0, 0.05) is 23.9 Å². The Bertz CT molecular complexity index is 390. The van der Waals surface area contributed by atoms with Crippen molar-refractivity contribution in [1.82, 2.24) is 10.6 Å². The number of carbonyl (C=O) groups is 2. The van der Waals surface area contributed by atoms with Crippen LogP contribution in [0.15, 0.2) is 0 Å². The van der Waals surface area contributed by atoms with Gasteiger partial charge in [0.15, 0.2) is 0 Å². The molecular formula is C18H30N2O2. The van der Waals surface area contributed by atoms with Crippen molar-refractivity contribution in [3.63, 3.8) is 0 Å². The summed E-state index contributed by atoms with van der Waals surface area (Å²) < 4.78 is 0. The summed E-state index contributed by atoms with van der Waals surface area (Å²) >= 11 is 0. The first kappa shape index (κ1) is 15.8. The first-order valence-corrected chi connectivity index (χ1v) is 9.33. The third-order valence-electron chi connectivity index (χ3n) is 5.59. The van der Waals surface area contributed by atoms with E-state index in [1.54, 1.807) is 0 Å². The molecule has 2 N–H and O–H groups in total. The minimum absolute atomic E-state index is 0.133. The molecule has 3 saturated carbocycles. The van der Waals surface area contributed by atoms with Crippen LogP contribution in [0.4, 0.5) is 0 Å². The van der Waals surface area contributed by atoms with Crippen LogP contribution in [0.2, 0.25) is 0 Å². The Morgan fingerprint density at radius 3 is 1.36 bits per heavy atom. The third kappa shape index (κ3) is 4.47. The Balaban J connectivity index is 1.40. The largest absolute Gasteiger partial charge is 0.353 e. The molecule has 0 aromatic rings. The van der Waals surface area contributed by atoms with Crippen molar-refractivity contribution in [1.29, 1.82) is 0 Å². The molecule has 124 valence electrons. The van der Waals surface area contributed by atoms with E-state index in [4.69, 9.17) is 0 Å². The van der Waals surface area contributed by atoms with Crippen molar-refractivity contribution in [2.45, 2.75) is 89.1 Å². The van der Waals surface area contributed by atoms with E-state index < -0.39 is 0 Å². The zero-order valence-electron chi connectivity index (χ0n) is 13.6. The van der Waals surface area contributed by atoms with Crippen molar-refractivity contribution in [3.05, 3.63) is 0 Å². The Hall–Kier alpha value is -1.06. The molecule has 3 aliphatic rings. The van der Waals surface area contributed by atoms with Crippen LogP contribution in [0.25, 0.3) is 0 Å². The van der Waals surface area contributed by atoms with Crippen LogP contribution >= 0.6 is 0 Å². The van der Waals surface area contributed by atoms with Gasteiger partial charge in [-0.1, -0.05) is 25.7 Å². The lowest BCUT2D eigenvalue weighted by atomic mass is 9.81. The van der Waals surface area contributed by atoms with Crippen molar-refractivity contribution < 1.29 is 9.59 Å². The molecule has 0 aromatic carbocycles. The monoisotopic (exact) mass is 306 g/mol. The molecule has 4 heteroatoms. The fourth-order valence-electron chi connectivity index (χ4n) is 3.91. The van der Waals surface area contributed by atoms with Gasteiger partial charge < -0.3 is 10.6 Å². The molecule has 0 spiro atoms. The molecule has 0 heterocycles. The first-order valence-electron chi connectivity index (χ1n) is 9.33. The quantitative estimate of drug-likeness (QED) is 0.785. The summed E-state index contributed by atoms with van der Waals surface area (Å²) in [7, 11) is 0. The Labute approximate surface area is 133 Å². The van der Waals surface area contributed by atoms with Crippen LogP contribution in [-0.4, -0.2) is 23.9 Å². The normalized spacial score (nSPS) is 30.4.